The molecule has 0 fully saturated rings. The third kappa shape index (κ3) is 11.7. The number of aromatic hydroxyl groups is 1. The number of hydrogen-bond acceptors (Lipinski definition) is 6. The molecule has 0 spiro atoms. The Morgan fingerprint density at radius 1 is 0.872 bits per heavy atom. The molecule has 1 aliphatic rings. The van der Waals surface area contributed by atoms with Gasteiger partial charge in [0.25, 0.3) is 0 Å². The Morgan fingerprint density at radius 3 is 2.19 bits per heavy atom. The number of phenolic OH excluding ortho intramolecular Hbond substituents is 1. The van der Waals surface area contributed by atoms with Gasteiger partial charge in [0.15, 0.2) is 11.9 Å². The normalized spacial score (nSPS) is 17.4. The first-order chi connectivity index (χ1) is 22.3. The molecule has 2 aromatic rings. The van der Waals surface area contributed by atoms with Crippen LogP contribution in [0.25, 0.3) is 12.2 Å². The first kappa shape index (κ1) is 36.5. The van der Waals surface area contributed by atoms with E-state index in [1.807, 2.05) is 108 Å². The molecular formula is C41H46O6. The molecule has 3 rings (SSSR count). The Balaban J connectivity index is 1.52. The molecule has 6 nitrogen and oxygen atoms in total. The Labute approximate surface area is 279 Å². The highest BCUT2D eigenvalue weighted by molar-refractivity contribution is 6.01. The van der Waals surface area contributed by atoms with E-state index in [9.17, 15) is 19.5 Å². The van der Waals surface area contributed by atoms with Crippen LogP contribution in [0.4, 0.5) is 0 Å². The number of esters is 2. The van der Waals surface area contributed by atoms with Crippen LogP contribution in [0.15, 0.2) is 113 Å². The van der Waals surface area contributed by atoms with Crippen LogP contribution in [-0.4, -0.2) is 28.9 Å². The van der Waals surface area contributed by atoms with Crippen molar-refractivity contribution in [3.8, 4) is 11.5 Å². The predicted molar refractivity (Wildman–Crippen MR) is 190 cm³/mol. The van der Waals surface area contributed by atoms with Crippen LogP contribution in [0.5, 0.6) is 11.5 Å². The molecule has 0 bridgehead atoms. The number of aryl methyl sites for hydroxylation is 1. The van der Waals surface area contributed by atoms with Gasteiger partial charge in [-0.3, -0.25) is 14.4 Å². The molecule has 1 atom stereocenters. The molecule has 6 heteroatoms. The highest BCUT2D eigenvalue weighted by Gasteiger charge is 2.39. The van der Waals surface area contributed by atoms with Gasteiger partial charge >= 0.3 is 11.9 Å². The van der Waals surface area contributed by atoms with Gasteiger partial charge in [-0.25, -0.2) is 0 Å². The smallest absolute Gasteiger partial charge is 0.311 e. The number of phenols is 1. The van der Waals surface area contributed by atoms with Crippen LogP contribution in [0.2, 0.25) is 0 Å². The van der Waals surface area contributed by atoms with Gasteiger partial charge in [-0.1, -0.05) is 104 Å². The standard InChI is InChI=1S/C41H46O6/c1-8-9-11-28(2)12-10-13-29(3)14-21-36-31(5)40(45)37(27-41(36,6)7)47-39(44)23-22-38(43)46-35-19-17-32(18-20-35)15-16-33-24-30(4)25-34(42)26-33/h8-21,24-26,37,42H,22-23,27H2,1-7H3/b9-8+,12-10+,16-15+,21-14+,28-11+,29-13+. The first-order valence-corrected chi connectivity index (χ1v) is 15.8. The predicted octanol–water partition coefficient (Wildman–Crippen LogP) is 9.37. The summed E-state index contributed by atoms with van der Waals surface area (Å²) in [5, 5.41) is 9.77. The van der Waals surface area contributed by atoms with Crippen LogP contribution in [-0.2, 0) is 19.1 Å². The molecule has 0 saturated heterocycles. The van der Waals surface area contributed by atoms with Gasteiger partial charge in [-0.15, -0.1) is 0 Å². The quantitative estimate of drug-likeness (QED) is 0.108. The van der Waals surface area contributed by atoms with Crippen molar-refractivity contribution in [3.05, 3.63) is 130 Å². The molecule has 0 radical (unpaired) electrons. The van der Waals surface area contributed by atoms with Gasteiger partial charge in [0.1, 0.15) is 11.5 Å². The lowest BCUT2D eigenvalue weighted by molar-refractivity contribution is -0.157. The summed E-state index contributed by atoms with van der Waals surface area (Å²) in [4.78, 5) is 38.3. The number of carbonyl (C=O) groups excluding carboxylic acids is 3. The molecule has 1 N–H and O–H groups in total. The number of ether oxygens (including phenoxy) is 2. The van der Waals surface area contributed by atoms with Crippen LogP contribution < -0.4 is 4.74 Å². The lowest BCUT2D eigenvalue weighted by atomic mass is 9.71. The maximum absolute atomic E-state index is 13.2. The van der Waals surface area contributed by atoms with E-state index in [0.717, 1.165) is 33.4 Å². The Hall–Kier alpha value is -4.97. The maximum Gasteiger partial charge on any atom is 0.311 e. The second-order valence-corrected chi connectivity index (χ2v) is 12.5. The third-order valence-electron chi connectivity index (χ3n) is 7.74. The van der Waals surface area contributed by atoms with Crippen LogP contribution in [0.3, 0.4) is 0 Å². The molecule has 47 heavy (non-hydrogen) atoms. The second-order valence-electron chi connectivity index (χ2n) is 12.5. The van der Waals surface area contributed by atoms with Crippen molar-refractivity contribution in [2.75, 3.05) is 0 Å². The zero-order chi connectivity index (χ0) is 34.6. The highest BCUT2D eigenvalue weighted by atomic mass is 16.5. The minimum absolute atomic E-state index is 0.171. The molecule has 1 unspecified atom stereocenters. The molecule has 0 heterocycles. The van der Waals surface area contributed by atoms with E-state index in [0.29, 0.717) is 17.7 Å². The van der Waals surface area contributed by atoms with Gasteiger partial charge in [0.2, 0.25) is 0 Å². The summed E-state index contributed by atoms with van der Waals surface area (Å²) in [6.07, 6.45) is 18.9. The summed E-state index contributed by atoms with van der Waals surface area (Å²) in [6.45, 7) is 13.8. The summed E-state index contributed by atoms with van der Waals surface area (Å²) >= 11 is 0. The summed E-state index contributed by atoms with van der Waals surface area (Å²) in [6, 6.07) is 12.3. The summed E-state index contributed by atoms with van der Waals surface area (Å²) in [7, 11) is 0. The number of Topliss-reactive ketones (excluding diaryl/α,β-unsaturated/α-hetero) is 1. The molecule has 0 amide bonds. The van der Waals surface area contributed by atoms with Crippen LogP contribution in [0.1, 0.15) is 77.5 Å². The molecule has 246 valence electrons. The first-order valence-electron chi connectivity index (χ1n) is 15.8. The molecule has 0 aromatic heterocycles. The van der Waals surface area contributed by atoms with Gasteiger partial charge in [-0.05, 0) is 92.1 Å². The van der Waals surface area contributed by atoms with E-state index in [4.69, 9.17) is 9.47 Å². The lowest BCUT2D eigenvalue weighted by Crippen LogP contribution is -2.39. The van der Waals surface area contributed by atoms with Crippen LogP contribution in [0, 0.1) is 12.3 Å². The number of allylic oxidation sites excluding steroid dienone is 11. The van der Waals surface area contributed by atoms with E-state index in [1.165, 1.54) is 0 Å². The van der Waals surface area contributed by atoms with Crippen molar-refractivity contribution in [2.45, 2.75) is 73.8 Å². The van der Waals surface area contributed by atoms with Crippen molar-refractivity contribution in [2.24, 2.45) is 5.41 Å². The molecule has 1 aliphatic carbocycles. The summed E-state index contributed by atoms with van der Waals surface area (Å²) in [5.74, 6) is -0.839. The Kier molecular flexibility index (Phi) is 13.3. The van der Waals surface area contributed by atoms with Crippen molar-refractivity contribution in [1.29, 1.82) is 0 Å². The largest absolute Gasteiger partial charge is 0.508 e. The van der Waals surface area contributed by atoms with E-state index in [1.54, 1.807) is 43.3 Å². The van der Waals surface area contributed by atoms with E-state index in [2.05, 4.69) is 0 Å². The van der Waals surface area contributed by atoms with Gasteiger partial charge in [-0.2, -0.15) is 0 Å². The minimum Gasteiger partial charge on any atom is -0.508 e. The third-order valence-corrected chi connectivity index (χ3v) is 7.74. The van der Waals surface area contributed by atoms with Crippen molar-refractivity contribution >= 4 is 29.9 Å². The topological polar surface area (TPSA) is 89.9 Å². The minimum atomic E-state index is -0.901. The summed E-state index contributed by atoms with van der Waals surface area (Å²) in [5.41, 5.74) is 5.98. The van der Waals surface area contributed by atoms with Gasteiger partial charge in [0, 0.05) is 6.42 Å². The number of rotatable bonds is 12. The average molecular weight is 635 g/mol. The zero-order valence-corrected chi connectivity index (χ0v) is 28.5. The average Bonchev–Trinajstić information content (AvgIpc) is 3.00. The van der Waals surface area contributed by atoms with Gasteiger partial charge < -0.3 is 14.6 Å². The highest BCUT2D eigenvalue weighted by Crippen LogP contribution is 2.41. The maximum atomic E-state index is 13.2. The zero-order valence-electron chi connectivity index (χ0n) is 28.5. The monoisotopic (exact) mass is 634 g/mol. The van der Waals surface area contributed by atoms with E-state index in [-0.39, 0.29) is 24.4 Å². The van der Waals surface area contributed by atoms with Crippen molar-refractivity contribution in [1.82, 2.24) is 0 Å². The van der Waals surface area contributed by atoms with Crippen LogP contribution >= 0.6 is 0 Å². The number of benzene rings is 2. The Morgan fingerprint density at radius 2 is 1.51 bits per heavy atom. The fourth-order valence-corrected chi connectivity index (χ4v) is 5.25. The molecule has 2 aromatic carbocycles. The van der Waals surface area contributed by atoms with Crippen molar-refractivity contribution < 1.29 is 29.0 Å². The Bertz CT molecular complexity index is 1650. The molecular weight excluding hydrogens is 588 g/mol. The number of ketones is 1. The second kappa shape index (κ2) is 17.1. The molecule has 0 saturated carbocycles. The summed E-state index contributed by atoms with van der Waals surface area (Å²) < 4.78 is 11.0. The fraction of sp³-hybridized carbons (Fsp3) is 0.293. The SMILES string of the molecule is C/C=C/C=C(C)/C=C/C=C(C)/C=C/C1=C(C)C(=O)C(OC(=O)CCC(=O)Oc2ccc(/C=C/c3cc(C)cc(O)c3)cc2)CC1(C)C. The molecule has 0 aliphatic heterocycles. The van der Waals surface area contributed by atoms with Crippen molar-refractivity contribution in [3.63, 3.8) is 0 Å². The van der Waals surface area contributed by atoms with Gasteiger partial charge in [0.05, 0.1) is 12.8 Å². The number of carbonyl (C=O) groups is 3. The van der Waals surface area contributed by atoms with E-state index < -0.39 is 23.5 Å². The number of hydrogen-bond donors (Lipinski definition) is 1. The van der Waals surface area contributed by atoms with E-state index >= 15 is 0 Å². The fourth-order valence-electron chi connectivity index (χ4n) is 5.25. The lowest BCUT2D eigenvalue weighted by Gasteiger charge is -2.36.